The number of carbonyl (C=O) groups excluding carboxylic acids is 2. The maximum absolute atomic E-state index is 11.9. The zero-order valence-electron chi connectivity index (χ0n) is 14.2. The van der Waals surface area contributed by atoms with Crippen LogP contribution in [0.3, 0.4) is 0 Å². The first kappa shape index (κ1) is 21.0. The van der Waals surface area contributed by atoms with Gasteiger partial charge in [-0.15, -0.1) is 0 Å². The van der Waals surface area contributed by atoms with Crippen molar-refractivity contribution in [2.45, 2.75) is 73.5 Å². The van der Waals surface area contributed by atoms with E-state index in [2.05, 4.69) is 5.32 Å². The van der Waals surface area contributed by atoms with E-state index < -0.39 is 23.7 Å². The lowest BCUT2D eigenvalue weighted by molar-refractivity contribution is -0.157. The second-order valence-electron chi connectivity index (χ2n) is 5.58. The third-order valence-corrected chi connectivity index (χ3v) is 1.97. The Kier molecular flexibility index (Phi) is 11.1. The molecule has 0 saturated carbocycles. The van der Waals surface area contributed by atoms with Gasteiger partial charge in [0.2, 0.25) is 0 Å². The average Bonchev–Trinajstić information content (AvgIpc) is 2.28. The van der Waals surface area contributed by atoms with E-state index in [0.717, 1.165) is 0 Å². The molecule has 0 saturated heterocycles. The Balaban J connectivity index is -0.00000103. The van der Waals surface area contributed by atoms with Crippen LogP contribution in [0.25, 0.3) is 0 Å². The zero-order chi connectivity index (χ0) is 16.3. The number of esters is 1. The molecular weight excluding hydrogens is 258 g/mol. The van der Waals surface area contributed by atoms with Crippen LogP contribution in [-0.4, -0.2) is 30.3 Å². The van der Waals surface area contributed by atoms with E-state index in [1.54, 1.807) is 27.7 Å². The quantitative estimate of drug-likeness (QED) is 0.783. The first-order chi connectivity index (χ1) is 9.15. The van der Waals surface area contributed by atoms with Gasteiger partial charge in [0, 0.05) is 1.43 Å². The van der Waals surface area contributed by atoms with Crippen LogP contribution < -0.4 is 5.32 Å². The van der Waals surface area contributed by atoms with Gasteiger partial charge in [0.15, 0.2) is 0 Å². The topological polar surface area (TPSA) is 64.6 Å². The Bertz CT molecular complexity index is 288. The Morgan fingerprint density at radius 3 is 2.05 bits per heavy atom. The fraction of sp³-hybridized carbons (Fsp3) is 0.867. The molecule has 1 amide bonds. The number of amides is 1. The van der Waals surface area contributed by atoms with E-state index in [-0.39, 0.29) is 14.0 Å². The molecule has 0 aliphatic heterocycles. The molecular formula is C15H33NO4. The van der Waals surface area contributed by atoms with Crippen molar-refractivity contribution in [1.82, 2.24) is 5.32 Å². The molecule has 5 heteroatoms. The Morgan fingerprint density at radius 2 is 1.70 bits per heavy atom. The third-order valence-electron chi connectivity index (χ3n) is 1.97. The minimum Gasteiger partial charge on any atom is -0.458 e. The van der Waals surface area contributed by atoms with Gasteiger partial charge in [-0.2, -0.15) is 0 Å². The lowest BCUT2D eigenvalue weighted by Gasteiger charge is -2.25. The Hall–Kier alpha value is -1.26. The second kappa shape index (κ2) is 10.5. The lowest BCUT2D eigenvalue weighted by atomic mass is 10.0. The summed E-state index contributed by atoms with van der Waals surface area (Å²) in [5.74, 6) is -0.159. The molecule has 5 nitrogen and oxygen atoms in total. The summed E-state index contributed by atoms with van der Waals surface area (Å²) in [5.41, 5.74) is -0.567. The van der Waals surface area contributed by atoms with Crippen molar-refractivity contribution < 1.29 is 20.5 Å². The van der Waals surface area contributed by atoms with Crippen LogP contribution in [0, 0.1) is 5.92 Å². The number of ether oxygens (including phenoxy) is 2. The van der Waals surface area contributed by atoms with Crippen LogP contribution in [0.2, 0.25) is 0 Å². The van der Waals surface area contributed by atoms with Crippen molar-refractivity contribution in [3.05, 3.63) is 0 Å². The minimum atomic E-state index is -0.664. The predicted octanol–water partition coefficient (Wildman–Crippen LogP) is 3.76. The molecule has 0 aliphatic rings. The highest BCUT2D eigenvalue weighted by Gasteiger charge is 2.27. The summed E-state index contributed by atoms with van der Waals surface area (Å²) >= 11 is 0. The zero-order valence-corrected chi connectivity index (χ0v) is 14.2. The van der Waals surface area contributed by atoms with Crippen molar-refractivity contribution in [2.24, 2.45) is 5.92 Å². The molecule has 1 atom stereocenters. The number of hydrogen-bond donors (Lipinski definition) is 1. The summed E-state index contributed by atoms with van der Waals surface area (Å²) in [6.45, 7) is 15.3. The molecule has 0 fully saturated rings. The van der Waals surface area contributed by atoms with E-state index >= 15 is 0 Å². The van der Waals surface area contributed by atoms with Gasteiger partial charge in [-0.25, -0.2) is 9.59 Å². The summed E-state index contributed by atoms with van der Waals surface area (Å²) in [7, 11) is 0. The van der Waals surface area contributed by atoms with Crippen LogP contribution in [0.5, 0.6) is 0 Å². The molecule has 0 aromatic heterocycles. The number of carbonyl (C=O) groups is 2. The van der Waals surface area contributed by atoms with Crippen LogP contribution in [0.15, 0.2) is 0 Å². The molecule has 0 aliphatic carbocycles. The van der Waals surface area contributed by atoms with E-state index in [9.17, 15) is 9.59 Å². The molecule has 1 N–H and O–H groups in total. The summed E-state index contributed by atoms with van der Waals surface area (Å²) in [5, 5.41) is 2.54. The third kappa shape index (κ3) is 11.8. The molecule has 0 aromatic rings. The van der Waals surface area contributed by atoms with E-state index in [0.29, 0.717) is 6.42 Å². The fourth-order valence-corrected chi connectivity index (χ4v) is 1.37. The second-order valence-corrected chi connectivity index (χ2v) is 5.58. The lowest BCUT2D eigenvalue weighted by Crippen LogP contribution is -2.45. The number of alkyl carbamates (subject to hydrolysis) is 1. The van der Waals surface area contributed by atoms with Gasteiger partial charge in [-0.1, -0.05) is 27.7 Å². The minimum absolute atomic E-state index is 0. The van der Waals surface area contributed by atoms with Crippen molar-refractivity contribution in [2.75, 3.05) is 6.61 Å². The maximum atomic E-state index is 11.9. The molecule has 0 rings (SSSR count). The van der Waals surface area contributed by atoms with Crippen LogP contribution in [0.1, 0.15) is 63.2 Å². The van der Waals surface area contributed by atoms with Crippen LogP contribution in [-0.2, 0) is 14.3 Å². The van der Waals surface area contributed by atoms with Crippen molar-refractivity contribution in [3.8, 4) is 0 Å². The standard InChI is InChI=1S/C13H25NO4.C2H6.H2/c1-7-17-12(16)14-10(8-9(2)3)11(15)18-13(4,5)6;1-2;/h9-10H,7-8H2,1-6H3,(H,14,16);1-2H3;1H/t10-;;/m0../s1. The predicted molar refractivity (Wildman–Crippen MR) is 82.7 cm³/mol. The fourth-order valence-electron chi connectivity index (χ4n) is 1.37. The largest absolute Gasteiger partial charge is 0.458 e. The number of nitrogens with one attached hydrogen (secondary N) is 1. The molecule has 0 spiro atoms. The monoisotopic (exact) mass is 291 g/mol. The highest BCUT2D eigenvalue weighted by Crippen LogP contribution is 2.12. The summed E-state index contributed by atoms with van der Waals surface area (Å²) < 4.78 is 10.0. The average molecular weight is 291 g/mol. The molecule has 20 heavy (non-hydrogen) atoms. The SMILES string of the molecule is CC.CCOC(=O)N[C@@H](CC(C)C)C(=O)OC(C)(C)C.[HH]. The Labute approximate surface area is 124 Å². The molecule has 0 unspecified atom stereocenters. The normalized spacial score (nSPS) is 12.1. The summed E-state index contributed by atoms with van der Waals surface area (Å²) in [4.78, 5) is 23.3. The molecule has 0 aromatic carbocycles. The number of hydrogen-bond acceptors (Lipinski definition) is 4. The molecule has 122 valence electrons. The number of rotatable bonds is 5. The van der Waals surface area contributed by atoms with Gasteiger partial charge >= 0.3 is 12.1 Å². The molecule has 0 bridgehead atoms. The summed E-state index contributed by atoms with van der Waals surface area (Å²) in [6, 6.07) is -0.664. The van der Waals surface area contributed by atoms with Gasteiger partial charge in [0.25, 0.3) is 0 Å². The van der Waals surface area contributed by atoms with Crippen molar-refractivity contribution in [3.63, 3.8) is 0 Å². The highest BCUT2D eigenvalue weighted by molar-refractivity contribution is 5.81. The van der Waals surface area contributed by atoms with Gasteiger partial charge < -0.3 is 14.8 Å². The highest BCUT2D eigenvalue weighted by atomic mass is 16.6. The first-order valence-electron chi connectivity index (χ1n) is 7.31. The maximum Gasteiger partial charge on any atom is 0.407 e. The smallest absolute Gasteiger partial charge is 0.407 e. The van der Waals surface area contributed by atoms with E-state index in [4.69, 9.17) is 9.47 Å². The van der Waals surface area contributed by atoms with Gasteiger partial charge in [0.1, 0.15) is 11.6 Å². The van der Waals surface area contributed by atoms with Crippen molar-refractivity contribution in [1.29, 1.82) is 0 Å². The van der Waals surface area contributed by atoms with Gasteiger partial charge in [-0.05, 0) is 40.0 Å². The van der Waals surface area contributed by atoms with Crippen LogP contribution in [0.4, 0.5) is 4.79 Å². The Morgan fingerprint density at radius 1 is 1.20 bits per heavy atom. The van der Waals surface area contributed by atoms with Gasteiger partial charge in [0.05, 0.1) is 6.61 Å². The molecule has 0 radical (unpaired) electrons. The molecule has 0 heterocycles. The summed E-state index contributed by atoms with van der Waals surface area (Å²) in [6.07, 6.45) is -0.0673. The van der Waals surface area contributed by atoms with E-state index in [1.165, 1.54) is 0 Å². The van der Waals surface area contributed by atoms with Gasteiger partial charge in [-0.3, -0.25) is 0 Å². The van der Waals surface area contributed by atoms with Crippen LogP contribution >= 0.6 is 0 Å². The first-order valence-corrected chi connectivity index (χ1v) is 7.31. The van der Waals surface area contributed by atoms with Crippen molar-refractivity contribution >= 4 is 12.1 Å². The van der Waals surface area contributed by atoms with E-state index in [1.807, 2.05) is 27.7 Å².